The summed E-state index contributed by atoms with van der Waals surface area (Å²) in [6.07, 6.45) is 11.4. The van der Waals surface area contributed by atoms with E-state index < -0.39 is 0 Å². The molecule has 1 aliphatic heterocycles. The molecule has 168 valence electrons. The highest BCUT2D eigenvalue weighted by atomic mass is 16.2. The van der Waals surface area contributed by atoms with E-state index in [-0.39, 0.29) is 22.9 Å². The average Bonchev–Trinajstić information content (AvgIpc) is 2.98. The molecule has 3 saturated carbocycles. The predicted octanol–water partition coefficient (Wildman–Crippen LogP) is 4.34. The first-order valence-electron chi connectivity index (χ1n) is 12.0. The lowest BCUT2D eigenvalue weighted by Gasteiger charge is -2.60. The number of carbonyl (C=O) groups excluding carboxylic acids is 2. The van der Waals surface area contributed by atoms with Gasteiger partial charge in [-0.15, -0.1) is 0 Å². The molecule has 4 rings (SSSR count). The molecule has 3 fully saturated rings. The minimum Gasteiger partial charge on any atom is -0.338 e. The zero-order valence-corrected chi connectivity index (χ0v) is 19.8. The molecule has 3 aliphatic carbocycles. The first-order chi connectivity index (χ1) is 14.0. The quantitative estimate of drug-likeness (QED) is 0.705. The van der Waals surface area contributed by atoms with Gasteiger partial charge in [-0.2, -0.15) is 0 Å². The average molecular weight is 416 g/mol. The summed E-state index contributed by atoms with van der Waals surface area (Å²) in [5.74, 6) is 2.87. The zero-order chi connectivity index (χ0) is 21.9. The molecule has 0 radical (unpaired) electrons. The molecule has 7 atom stereocenters. The molecule has 2 unspecified atom stereocenters. The maximum absolute atomic E-state index is 12.3. The topological polar surface area (TPSA) is 61.4 Å². The van der Waals surface area contributed by atoms with E-state index in [1.54, 1.807) is 0 Å². The van der Waals surface area contributed by atoms with Gasteiger partial charge in [-0.05, 0) is 94.5 Å². The van der Waals surface area contributed by atoms with Crippen LogP contribution in [0.15, 0.2) is 12.2 Å². The molecule has 0 aromatic carbocycles. The lowest BCUT2D eigenvalue weighted by molar-refractivity contribution is -0.138. The van der Waals surface area contributed by atoms with Crippen LogP contribution in [0.4, 0.5) is 4.79 Å². The van der Waals surface area contributed by atoms with Crippen molar-refractivity contribution in [2.24, 2.45) is 34.5 Å². The summed E-state index contributed by atoms with van der Waals surface area (Å²) in [4.78, 5) is 26.5. The van der Waals surface area contributed by atoms with Crippen LogP contribution in [-0.2, 0) is 4.79 Å². The number of nitrogens with zero attached hydrogens (tertiary/aromatic N) is 1. The molecule has 5 nitrogen and oxygen atoms in total. The lowest BCUT2D eigenvalue weighted by Crippen LogP contribution is -2.59. The van der Waals surface area contributed by atoms with Crippen LogP contribution in [0.3, 0.4) is 0 Å². The van der Waals surface area contributed by atoms with Crippen LogP contribution in [0.5, 0.6) is 0 Å². The number of urea groups is 1. The van der Waals surface area contributed by atoms with Gasteiger partial charge in [0.2, 0.25) is 5.91 Å². The summed E-state index contributed by atoms with van der Waals surface area (Å²) in [5.41, 5.74) is 0.218. The van der Waals surface area contributed by atoms with Crippen molar-refractivity contribution in [2.75, 3.05) is 13.6 Å². The van der Waals surface area contributed by atoms with Crippen molar-refractivity contribution < 1.29 is 9.59 Å². The Morgan fingerprint density at radius 3 is 2.57 bits per heavy atom. The molecule has 0 bridgehead atoms. The Kier molecular flexibility index (Phi) is 5.26. The van der Waals surface area contributed by atoms with Gasteiger partial charge in [0.1, 0.15) is 0 Å². The van der Waals surface area contributed by atoms with Crippen molar-refractivity contribution in [1.82, 2.24) is 15.5 Å². The summed E-state index contributed by atoms with van der Waals surface area (Å²) < 4.78 is 0. The number of hydrogen-bond acceptors (Lipinski definition) is 2. The molecule has 2 N–H and O–H groups in total. The van der Waals surface area contributed by atoms with Crippen molar-refractivity contribution in [1.29, 1.82) is 0 Å². The fraction of sp³-hybridized carbons (Fsp3) is 0.840. The molecule has 1 heterocycles. The first-order valence-corrected chi connectivity index (χ1v) is 12.0. The van der Waals surface area contributed by atoms with E-state index in [1.165, 1.54) is 32.1 Å². The highest BCUT2D eigenvalue weighted by Gasteiger charge is 2.60. The van der Waals surface area contributed by atoms with Gasteiger partial charge in [-0.25, -0.2) is 4.79 Å². The van der Waals surface area contributed by atoms with E-state index in [1.807, 2.05) is 38.8 Å². The Bertz CT molecular complexity index is 741. The molecule has 30 heavy (non-hydrogen) atoms. The molecule has 0 aromatic heterocycles. The standard InChI is InChI=1S/C25H41N3O2/c1-23(2,3)27-22(30)26-15-16-7-9-18-17-8-10-20-25(5,14-12-21(29)28(20)6)19(17)11-13-24(16,18)4/h12,14,16-20H,7-11,13,15H2,1-6H3,(H2,26,27,30)/t16?,17-,18-,19+,20?,24+,25+/m0/s1. The fourth-order valence-electron chi connectivity index (χ4n) is 7.78. The van der Waals surface area contributed by atoms with E-state index in [2.05, 4.69) is 30.6 Å². The first kappa shape index (κ1) is 21.7. The summed E-state index contributed by atoms with van der Waals surface area (Å²) in [7, 11) is 1.99. The third-order valence-corrected chi connectivity index (χ3v) is 9.32. The van der Waals surface area contributed by atoms with Crippen LogP contribution in [0, 0.1) is 34.5 Å². The number of hydrogen-bond donors (Lipinski definition) is 2. The van der Waals surface area contributed by atoms with Crippen LogP contribution in [-0.4, -0.2) is 42.0 Å². The highest BCUT2D eigenvalue weighted by Crippen LogP contribution is 2.65. The summed E-state index contributed by atoms with van der Waals surface area (Å²) >= 11 is 0. The van der Waals surface area contributed by atoms with E-state index >= 15 is 0 Å². The number of carbonyl (C=O) groups is 2. The molecular formula is C25H41N3O2. The maximum atomic E-state index is 12.3. The van der Waals surface area contributed by atoms with Crippen LogP contribution in [0.2, 0.25) is 0 Å². The van der Waals surface area contributed by atoms with Gasteiger partial charge >= 0.3 is 6.03 Å². The molecule has 5 heteroatoms. The van der Waals surface area contributed by atoms with E-state index in [9.17, 15) is 9.59 Å². The monoisotopic (exact) mass is 415 g/mol. The SMILES string of the molecule is CN1C(=O)C=C[C@@]2(C)C1CC[C@@H]1[C@H]2CC[C@]2(C)C(CNC(=O)NC(C)(C)C)CC[C@@H]12. The summed E-state index contributed by atoms with van der Waals surface area (Å²) in [5, 5.41) is 6.20. The Morgan fingerprint density at radius 1 is 1.13 bits per heavy atom. The Labute approximate surface area is 182 Å². The minimum atomic E-state index is -0.208. The third kappa shape index (κ3) is 3.46. The number of nitrogens with one attached hydrogen (secondary N) is 2. The second-order valence-electron chi connectivity index (χ2n) is 12.0. The third-order valence-electron chi connectivity index (χ3n) is 9.32. The van der Waals surface area contributed by atoms with Gasteiger partial charge in [0.25, 0.3) is 0 Å². The molecule has 0 saturated heterocycles. The Balaban J connectivity index is 1.47. The van der Waals surface area contributed by atoms with Crippen molar-refractivity contribution in [3.8, 4) is 0 Å². The largest absolute Gasteiger partial charge is 0.338 e. The van der Waals surface area contributed by atoms with E-state index in [0.29, 0.717) is 23.3 Å². The van der Waals surface area contributed by atoms with E-state index in [0.717, 1.165) is 24.8 Å². The second kappa shape index (κ2) is 7.27. The summed E-state index contributed by atoms with van der Waals surface area (Å²) in [6.45, 7) is 11.7. The van der Waals surface area contributed by atoms with Crippen LogP contribution in [0.1, 0.15) is 73.1 Å². The van der Waals surface area contributed by atoms with E-state index in [4.69, 9.17) is 0 Å². The minimum absolute atomic E-state index is 0.0451. The van der Waals surface area contributed by atoms with Crippen molar-refractivity contribution in [3.63, 3.8) is 0 Å². The molecule has 0 aromatic rings. The summed E-state index contributed by atoms with van der Waals surface area (Å²) in [6, 6.07) is 0.303. The number of amides is 3. The number of rotatable bonds is 2. The normalized spacial score (nSPS) is 42.9. The van der Waals surface area contributed by atoms with Crippen molar-refractivity contribution in [2.45, 2.75) is 84.7 Å². The predicted molar refractivity (Wildman–Crippen MR) is 120 cm³/mol. The second-order valence-corrected chi connectivity index (χ2v) is 12.0. The number of fused-ring (bicyclic) bond motifs is 5. The Morgan fingerprint density at radius 2 is 1.87 bits per heavy atom. The lowest BCUT2D eigenvalue weighted by atomic mass is 9.47. The fourth-order valence-corrected chi connectivity index (χ4v) is 7.78. The van der Waals surface area contributed by atoms with Gasteiger partial charge in [0, 0.05) is 30.6 Å². The molecule has 0 spiro atoms. The zero-order valence-electron chi connectivity index (χ0n) is 19.8. The molecule has 4 aliphatic rings. The number of likely N-dealkylation sites (N-methyl/N-ethyl adjacent to an activating group) is 1. The van der Waals surface area contributed by atoms with Gasteiger partial charge < -0.3 is 15.5 Å². The van der Waals surface area contributed by atoms with Gasteiger partial charge in [-0.3, -0.25) is 4.79 Å². The highest BCUT2D eigenvalue weighted by molar-refractivity contribution is 5.89. The van der Waals surface area contributed by atoms with Gasteiger partial charge in [-0.1, -0.05) is 19.9 Å². The van der Waals surface area contributed by atoms with Crippen LogP contribution < -0.4 is 10.6 Å². The van der Waals surface area contributed by atoms with Gasteiger partial charge in [0.05, 0.1) is 0 Å². The van der Waals surface area contributed by atoms with Crippen LogP contribution in [0.25, 0.3) is 0 Å². The van der Waals surface area contributed by atoms with Crippen molar-refractivity contribution in [3.05, 3.63) is 12.2 Å². The van der Waals surface area contributed by atoms with Gasteiger partial charge in [0.15, 0.2) is 0 Å². The smallest absolute Gasteiger partial charge is 0.315 e. The Hall–Kier alpha value is -1.52. The van der Waals surface area contributed by atoms with Crippen LogP contribution >= 0.6 is 0 Å². The molecule has 3 amide bonds. The molecular weight excluding hydrogens is 374 g/mol. The van der Waals surface area contributed by atoms with Crippen molar-refractivity contribution >= 4 is 11.9 Å². The maximum Gasteiger partial charge on any atom is 0.315 e.